The van der Waals surface area contributed by atoms with Crippen LogP contribution in [0.25, 0.3) is 0 Å². The molecule has 1 aromatic carbocycles. The third-order valence-corrected chi connectivity index (χ3v) is 4.61. The van der Waals surface area contributed by atoms with Crippen molar-refractivity contribution in [3.63, 3.8) is 0 Å². The van der Waals surface area contributed by atoms with Crippen LogP contribution in [0.3, 0.4) is 0 Å². The average molecular weight is 359 g/mol. The summed E-state index contributed by atoms with van der Waals surface area (Å²) in [7, 11) is 0. The Labute approximate surface area is 158 Å². The molecule has 2 N–H and O–H groups in total. The first-order chi connectivity index (χ1) is 12.3. The topological polar surface area (TPSA) is 57.5 Å². The molecule has 0 aromatic heterocycles. The Hall–Kier alpha value is -2.03. The predicted molar refractivity (Wildman–Crippen MR) is 109 cm³/mol. The molecule has 0 radical (unpaired) electrons. The zero-order valence-corrected chi connectivity index (χ0v) is 17.0. The monoisotopic (exact) mass is 358 g/mol. The second-order valence-electron chi connectivity index (χ2n) is 7.35. The van der Waals surface area contributed by atoms with Crippen molar-refractivity contribution in [2.45, 2.75) is 79.6 Å². The molecule has 0 fully saturated rings. The summed E-state index contributed by atoms with van der Waals surface area (Å²) in [6.07, 6.45) is 10.4. The second kappa shape index (κ2) is 10.8. The molecule has 144 valence electrons. The number of rotatable bonds is 10. The third-order valence-electron chi connectivity index (χ3n) is 4.61. The zero-order chi connectivity index (χ0) is 19.7. The number of carbonyl (C=O) groups excluding carboxylic acids is 1. The van der Waals surface area contributed by atoms with E-state index in [-0.39, 0.29) is 17.3 Å². The van der Waals surface area contributed by atoms with Crippen LogP contribution in [-0.2, 0) is 12.8 Å². The van der Waals surface area contributed by atoms with Crippen molar-refractivity contribution in [2.75, 3.05) is 0 Å². The maximum Gasteiger partial charge on any atom is 0.163 e. The molecule has 0 aliphatic carbocycles. The molecule has 0 saturated carbocycles. The lowest BCUT2D eigenvalue weighted by Gasteiger charge is -2.14. The number of unbranched alkanes of at least 4 members (excludes halogenated alkanes) is 2. The van der Waals surface area contributed by atoms with E-state index < -0.39 is 0 Å². The fraction of sp³-hybridized carbons (Fsp3) is 0.522. The van der Waals surface area contributed by atoms with Crippen LogP contribution in [0.1, 0.15) is 88.2 Å². The van der Waals surface area contributed by atoms with Crippen molar-refractivity contribution in [1.82, 2.24) is 0 Å². The van der Waals surface area contributed by atoms with Gasteiger partial charge in [-0.1, -0.05) is 43.1 Å². The number of phenolic OH excluding ortho intramolecular Hbond substituents is 2. The highest BCUT2D eigenvalue weighted by Gasteiger charge is 2.19. The molecule has 0 amide bonds. The zero-order valence-electron chi connectivity index (χ0n) is 17.0. The maximum absolute atomic E-state index is 12.1. The summed E-state index contributed by atoms with van der Waals surface area (Å²) >= 11 is 0. The number of benzene rings is 1. The fourth-order valence-electron chi connectivity index (χ4n) is 3.07. The quantitative estimate of drug-likeness (QED) is 0.294. The number of allylic oxidation sites excluding steroid dienone is 4. The Balaban J connectivity index is 3.03. The lowest BCUT2D eigenvalue weighted by atomic mass is 9.93. The van der Waals surface area contributed by atoms with Gasteiger partial charge in [0.05, 0.1) is 5.56 Å². The van der Waals surface area contributed by atoms with Gasteiger partial charge in [-0.25, -0.2) is 0 Å². The second-order valence-corrected chi connectivity index (χ2v) is 7.35. The number of aryl methyl sites for hydroxylation is 1. The lowest BCUT2D eigenvalue weighted by molar-refractivity contribution is 0.101. The highest BCUT2D eigenvalue weighted by molar-refractivity contribution is 5.99. The molecule has 0 aliphatic heterocycles. The summed E-state index contributed by atoms with van der Waals surface area (Å²) in [4.78, 5) is 12.1. The van der Waals surface area contributed by atoms with Gasteiger partial charge >= 0.3 is 0 Å². The van der Waals surface area contributed by atoms with Crippen LogP contribution >= 0.6 is 0 Å². The van der Waals surface area contributed by atoms with Crippen molar-refractivity contribution < 1.29 is 15.0 Å². The number of hydrogen-bond acceptors (Lipinski definition) is 3. The van der Waals surface area contributed by atoms with Crippen molar-refractivity contribution >= 4 is 5.78 Å². The first kappa shape index (κ1) is 22.0. The number of hydrogen-bond donors (Lipinski definition) is 2. The van der Waals surface area contributed by atoms with Gasteiger partial charge in [-0.3, -0.25) is 4.79 Å². The van der Waals surface area contributed by atoms with Gasteiger partial charge in [0, 0.05) is 5.56 Å². The Bertz CT molecular complexity index is 677. The molecule has 0 saturated heterocycles. The summed E-state index contributed by atoms with van der Waals surface area (Å²) < 4.78 is 0. The molecule has 0 atom stereocenters. The van der Waals surface area contributed by atoms with E-state index in [0.29, 0.717) is 24.0 Å². The molecule has 26 heavy (non-hydrogen) atoms. The Morgan fingerprint density at radius 2 is 1.77 bits per heavy atom. The third kappa shape index (κ3) is 6.70. The number of Topliss-reactive ketones (excluding diaryl/α,β-unsaturated/α-hetero) is 1. The van der Waals surface area contributed by atoms with Crippen LogP contribution in [0.15, 0.2) is 29.4 Å². The van der Waals surface area contributed by atoms with Crippen LogP contribution in [0.2, 0.25) is 0 Å². The van der Waals surface area contributed by atoms with Gasteiger partial charge in [0.1, 0.15) is 11.5 Å². The van der Waals surface area contributed by atoms with E-state index in [9.17, 15) is 15.0 Å². The van der Waals surface area contributed by atoms with Gasteiger partial charge in [-0.15, -0.1) is 0 Å². The Morgan fingerprint density at radius 3 is 2.35 bits per heavy atom. The first-order valence-corrected chi connectivity index (χ1v) is 9.64. The number of aromatic hydroxyl groups is 2. The lowest BCUT2D eigenvalue weighted by Crippen LogP contribution is -2.03. The summed E-state index contributed by atoms with van der Waals surface area (Å²) in [5.41, 5.74) is 4.06. The van der Waals surface area contributed by atoms with Crippen LogP contribution < -0.4 is 0 Å². The van der Waals surface area contributed by atoms with Crippen LogP contribution in [-0.4, -0.2) is 16.0 Å². The maximum atomic E-state index is 12.1. The Morgan fingerprint density at radius 1 is 1.08 bits per heavy atom. The van der Waals surface area contributed by atoms with Crippen LogP contribution in [0.4, 0.5) is 0 Å². The molecule has 1 rings (SSSR count). The summed E-state index contributed by atoms with van der Waals surface area (Å²) in [5.74, 6) is -0.135. The molecular formula is C23H34O3. The van der Waals surface area contributed by atoms with Gasteiger partial charge in [0.2, 0.25) is 0 Å². The smallest absolute Gasteiger partial charge is 0.163 e. The fourth-order valence-corrected chi connectivity index (χ4v) is 3.07. The standard InChI is InChI=1S/C23H34O3/c1-6-7-8-12-19-15-21(25)20(23(26)22(19)18(5)24)14-13-17(4)11-9-10-16(2)3/h10,13,15,25-26H,6-9,11-12,14H2,1-5H3/b17-13+. The molecular weight excluding hydrogens is 324 g/mol. The summed E-state index contributed by atoms with van der Waals surface area (Å²) in [5, 5.41) is 21.0. The minimum absolute atomic E-state index is 0.0580. The summed E-state index contributed by atoms with van der Waals surface area (Å²) in [6, 6.07) is 1.66. The number of carbonyl (C=O) groups is 1. The Kier molecular flexibility index (Phi) is 9.18. The van der Waals surface area contributed by atoms with E-state index in [0.717, 1.165) is 37.7 Å². The average Bonchev–Trinajstić information content (AvgIpc) is 2.53. The molecule has 0 heterocycles. The highest BCUT2D eigenvalue weighted by atomic mass is 16.3. The molecule has 0 bridgehead atoms. The van der Waals surface area contributed by atoms with Gasteiger partial charge in [0.15, 0.2) is 5.78 Å². The van der Waals surface area contributed by atoms with Gasteiger partial charge in [0.25, 0.3) is 0 Å². The summed E-state index contributed by atoms with van der Waals surface area (Å²) in [6.45, 7) is 9.81. The van der Waals surface area contributed by atoms with Crippen molar-refractivity contribution in [3.8, 4) is 11.5 Å². The largest absolute Gasteiger partial charge is 0.508 e. The first-order valence-electron chi connectivity index (χ1n) is 9.64. The van der Waals surface area contributed by atoms with Gasteiger partial charge in [-0.2, -0.15) is 0 Å². The van der Waals surface area contributed by atoms with E-state index in [1.54, 1.807) is 6.07 Å². The minimum Gasteiger partial charge on any atom is -0.508 e. The number of ketones is 1. The van der Waals surface area contributed by atoms with Crippen molar-refractivity contribution in [2.24, 2.45) is 0 Å². The number of phenols is 2. The van der Waals surface area contributed by atoms with E-state index in [2.05, 4.69) is 33.8 Å². The van der Waals surface area contributed by atoms with E-state index >= 15 is 0 Å². The van der Waals surface area contributed by atoms with Gasteiger partial charge < -0.3 is 10.2 Å². The molecule has 3 heteroatoms. The van der Waals surface area contributed by atoms with Crippen LogP contribution in [0, 0.1) is 0 Å². The predicted octanol–water partition coefficient (Wildman–Crippen LogP) is 6.27. The molecule has 1 aromatic rings. The SMILES string of the molecule is CCCCCc1cc(O)c(C/C=C(\C)CCC=C(C)C)c(O)c1C(C)=O. The minimum atomic E-state index is -0.153. The van der Waals surface area contributed by atoms with Crippen LogP contribution in [0.5, 0.6) is 11.5 Å². The normalized spacial score (nSPS) is 11.5. The van der Waals surface area contributed by atoms with E-state index in [1.165, 1.54) is 18.1 Å². The van der Waals surface area contributed by atoms with Crippen molar-refractivity contribution in [3.05, 3.63) is 46.1 Å². The molecule has 3 nitrogen and oxygen atoms in total. The van der Waals surface area contributed by atoms with Crippen molar-refractivity contribution in [1.29, 1.82) is 0 Å². The van der Waals surface area contributed by atoms with Gasteiger partial charge in [-0.05, 0) is 71.4 Å². The molecule has 0 spiro atoms. The molecule has 0 unspecified atom stereocenters. The van der Waals surface area contributed by atoms with E-state index in [1.807, 2.05) is 6.08 Å². The highest BCUT2D eigenvalue weighted by Crippen LogP contribution is 2.35. The molecule has 0 aliphatic rings. The van der Waals surface area contributed by atoms with E-state index in [4.69, 9.17) is 0 Å².